The summed E-state index contributed by atoms with van der Waals surface area (Å²) in [6, 6.07) is 0.629. The molecule has 2 aliphatic heterocycles. The van der Waals surface area contributed by atoms with Crippen molar-refractivity contribution in [1.29, 1.82) is 0 Å². The maximum Gasteiger partial charge on any atom is 0.226 e. The largest absolute Gasteiger partial charge is 0.356 e. The van der Waals surface area contributed by atoms with Crippen molar-refractivity contribution in [3.63, 3.8) is 0 Å². The van der Waals surface area contributed by atoms with Gasteiger partial charge in [-0.2, -0.15) is 0 Å². The highest BCUT2D eigenvalue weighted by molar-refractivity contribution is 7.18. The molecule has 0 bridgehead atoms. The second-order valence-corrected chi connectivity index (χ2v) is 9.14. The number of aryl methyl sites for hydroxylation is 2. The van der Waals surface area contributed by atoms with Crippen molar-refractivity contribution in [3.8, 4) is 0 Å². The second-order valence-electron chi connectivity index (χ2n) is 7.94. The Labute approximate surface area is 165 Å². The topological polar surface area (TPSA) is 61.4 Å². The number of aromatic nitrogens is 2. The molecular formula is C20H29N5OS. The third kappa shape index (κ3) is 3.31. The van der Waals surface area contributed by atoms with Crippen LogP contribution < -0.4 is 10.2 Å². The molecule has 0 spiro atoms. The molecular weight excluding hydrogens is 358 g/mol. The molecule has 27 heavy (non-hydrogen) atoms. The number of fused-ring (bicyclic) bond motifs is 1. The average molecular weight is 388 g/mol. The van der Waals surface area contributed by atoms with E-state index >= 15 is 0 Å². The number of nitrogens with zero attached hydrogens (tertiary/aromatic N) is 4. The summed E-state index contributed by atoms with van der Waals surface area (Å²) in [5.41, 5.74) is 1.28. The molecule has 0 radical (unpaired) electrons. The summed E-state index contributed by atoms with van der Waals surface area (Å²) in [5, 5.41) is 4.65. The standard InChI is InChI=1S/C20H29N5OS/c1-12-15(4)27-19-17(12)18(22-11-23-19)24-8-5-16(6-9-24)20(26)25-10-7-21-13(2)14(25)3/h11,13-14,16,21H,5-10H2,1-4H3. The Hall–Kier alpha value is -1.73. The van der Waals surface area contributed by atoms with E-state index in [1.54, 1.807) is 17.7 Å². The highest BCUT2D eigenvalue weighted by Crippen LogP contribution is 2.35. The molecule has 1 N–H and O–H groups in total. The van der Waals surface area contributed by atoms with Gasteiger partial charge >= 0.3 is 0 Å². The first-order valence-electron chi connectivity index (χ1n) is 9.97. The van der Waals surface area contributed by atoms with E-state index in [0.717, 1.165) is 49.7 Å². The van der Waals surface area contributed by atoms with E-state index in [-0.39, 0.29) is 12.0 Å². The highest BCUT2D eigenvalue weighted by Gasteiger charge is 2.34. The molecule has 2 aromatic rings. The Morgan fingerprint density at radius 3 is 2.67 bits per heavy atom. The van der Waals surface area contributed by atoms with Crippen LogP contribution in [0.15, 0.2) is 6.33 Å². The van der Waals surface area contributed by atoms with Gasteiger partial charge in [0.2, 0.25) is 5.91 Å². The van der Waals surface area contributed by atoms with Crippen LogP contribution in [0.2, 0.25) is 0 Å². The third-order valence-corrected chi connectivity index (χ3v) is 7.52. The average Bonchev–Trinajstić information content (AvgIpc) is 2.98. The monoisotopic (exact) mass is 387 g/mol. The summed E-state index contributed by atoms with van der Waals surface area (Å²) in [5.74, 6) is 1.51. The minimum Gasteiger partial charge on any atom is -0.356 e. The lowest BCUT2D eigenvalue weighted by Crippen LogP contribution is -2.59. The second kappa shape index (κ2) is 7.36. The van der Waals surface area contributed by atoms with Crippen molar-refractivity contribution in [2.45, 2.75) is 52.6 Å². The Morgan fingerprint density at radius 1 is 1.19 bits per heavy atom. The predicted octanol–water partition coefficient (Wildman–Crippen LogP) is 2.73. The van der Waals surface area contributed by atoms with Crippen LogP contribution in [0, 0.1) is 19.8 Å². The zero-order valence-electron chi connectivity index (χ0n) is 16.7. The summed E-state index contributed by atoms with van der Waals surface area (Å²) >= 11 is 1.74. The molecule has 2 atom stereocenters. The molecule has 146 valence electrons. The van der Waals surface area contributed by atoms with Crippen molar-refractivity contribution in [3.05, 3.63) is 16.8 Å². The molecule has 0 aromatic carbocycles. The first-order chi connectivity index (χ1) is 13.0. The van der Waals surface area contributed by atoms with Gasteiger partial charge in [0.15, 0.2) is 0 Å². The normalized spacial score (nSPS) is 24.6. The predicted molar refractivity (Wildman–Crippen MR) is 110 cm³/mol. The molecule has 0 saturated carbocycles. The number of piperazine rings is 1. The lowest BCUT2D eigenvalue weighted by Gasteiger charge is -2.42. The number of carbonyl (C=O) groups is 1. The number of hydrogen-bond acceptors (Lipinski definition) is 6. The fourth-order valence-electron chi connectivity index (χ4n) is 4.34. The molecule has 2 fully saturated rings. The molecule has 2 saturated heterocycles. The lowest BCUT2D eigenvalue weighted by molar-refractivity contribution is -0.140. The molecule has 1 amide bonds. The number of thiophene rings is 1. The number of carbonyl (C=O) groups excluding carboxylic acids is 1. The summed E-state index contributed by atoms with van der Waals surface area (Å²) in [6.45, 7) is 12.1. The van der Waals surface area contributed by atoms with Crippen LogP contribution in [-0.2, 0) is 4.79 Å². The maximum absolute atomic E-state index is 13.1. The summed E-state index contributed by atoms with van der Waals surface area (Å²) < 4.78 is 0. The number of rotatable bonds is 2. The van der Waals surface area contributed by atoms with Gasteiger partial charge in [-0.15, -0.1) is 11.3 Å². The van der Waals surface area contributed by atoms with Gasteiger partial charge in [0, 0.05) is 49.1 Å². The van der Waals surface area contributed by atoms with Gasteiger partial charge in [-0.3, -0.25) is 4.79 Å². The molecule has 2 unspecified atom stereocenters. The third-order valence-electron chi connectivity index (χ3n) is 6.41. The minimum absolute atomic E-state index is 0.136. The van der Waals surface area contributed by atoms with Crippen LogP contribution in [0.3, 0.4) is 0 Å². The first-order valence-corrected chi connectivity index (χ1v) is 10.8. The molecule has 4 heterocycles. The van der Waals surface area contributed by atoms with Crippen LogP contribution in [0.4, 0.5) is 5.82 Å². The van der Waals surface area contributed by atoms with Gasteiger partial charge in [-0.1, -0.05) is 0 Å². The van der Waals surface area contributed by atoms with Gasteiger partial charge < -0.3 is 15.1 Å². The van der Waals surface area contributed by atoms with E-state index in [1.807, 2.05) is 0 Å². The van der Waals surface area contributed by atoms with Crippen molar-refractivity contribution in [1.82, 2.24) is 20.2 Å². The number of nitrogens with one attached hydrogen (secondary N) is 1. The van der Waals surface area contributed by atoms with Gasteiger partial charge in [0.25, 0.3) is 0 Å². The molecule has 2 aliphatic rings. The Kier molecular flexibility index (Phi) is 5.07. The smallest absolute Gasteiger partial charge is 0.226 e. The number of anilines is 1. The summed E-state index contributed by atoms with van der Waals surface area (Å²) in [7, 11) is 0. The van der Waals surface area contributed by atoms with E-state index in [4.69, 9.17) is 0 Å². The highest BCUT2D eigenvalue weighted by atomic mass is 32.1. The number of hydrogen-bond donors (Lipinski definition) is 1. The SMILES string of the molecule is Cc1sc2ncnc(N3CCC(C(=O)N4CCNC(C)C4C)CC3)c2c1C. The zero-order chi connectivity index (χ0) is 19.1. The molecule has 6 nitrogen and oxygen atoms in total. The summed E-state index contributed by atoms with van der Waals surface area (Å²) in [6.07, 6.45) is 3.48. The number of amides is 1. The number of piperidine rings is 1. The first kappa shape index (κ1) is 18.6. The van der Waals surface area contributed by atoms with Crippen molar-refractivity contribution in [2.24, 2.45) is 5.92 Å². The minimum atomic E-state index is 0.136. The quantitative estimate of drug-likeness (QED) is 0.859. The van der Waals surface area contributed by atoms with E-state index in [1.165, 1.54) is 15.8 Å². The van der Waals surface area contributed by atoms with Crippen LogP contribution in [0.1, 0.15) is 37.1 Å². The molecule has 4 rings (SSSR count). The van der Waals surface area contributed by atoms with Gasteiger partial charge in [-0.25, -0.2) is 9.97 Å². The molecule has 7 heteroatoms. The van der Waals surface area contributed by atoms with Crippen LogP contribution in [-0.4, -0.2) is 59.0 Å². The van der Waals surface area contributed by atoms with Crippen LogP contribution >= 0.6 is 11.3 Å². The van der Waals surface area contributed by atoms with Gasteiger partial charge in [0.05, 0.1) is 5.39 Å². The van der Waals surface area contributed by atoms with Crippen LogP contribution in [0.25, 0.3) is 10.2 Å². The maximum atomic E-state index is 13.1. The zero-order valence-corrected chi connectivity index (χ0v) is 17.5. The van der Waals surface area contributed by atoms with E-state index in [9.17, 15) is 4.79 Å². The molecule has 0 aliphatic carbocycles. The van der Waals surface area contributed by atoms with Crippen molar-refractivity contribution in [2.75, 3.05) is 31.1 Å². The Morgan fingerprint density at radius 2 is 1.93 bits per heavy atom. The summed E-state index contributed by atoms with van der Waals surface area (Å²) in [4.78, 5) is 28.9. The van der Waals surface area contributed by atoms with E-state index in [0.29, 0.717) is 11.9 Å². The van der Waals surface area contributed by atoms with Crippen molar-refractivity contribution >= 4 is 33.3 Å². The Balaban J connectivity index is 1.47. The van der Waals surface area contributed by atoms with E-state index < -0.39 is 0 Å². The Bertz CT molecular complexity index is 842. The fraction of sp³-hybridized carbons (Fsp3) is 0.650. The molecule has 2 aromatic heterocycles. The fourth-order valence-corrected chi connectivity index (χ4v) is 5.34. The van der Waals surface area contributed by atoms with Crippen LogP contribution in [0.5, 0.6) is 0 Å². The van der Waals surface area contributed by atoms with E-state index in [2.05, 4.69) is 52.8 Å². The van der Waals surface area contributed by atoms with Gasteiger partial charge in [-0.05, 0) is 46.1 Å². The lowest BCUT2D eigenvalue weighted by atomic mass is 9.93. The van der Waals surface area contributed by atoms with Gasteiger partial charge in [0.1, 0.15) is 17.0 Å². The van der Waals surface area contributed by atoms with Crippen molar-refractivity contribution < 1.29 is 4.79 Å².